The number of carbonyl (C=O) groups excluding carboxylic acids is 1. The van der Waals surface area contributed by atoms with Crippen LogP contribution in [0.5, 0.6) is 0 Å². The molecule has 0 bridgehead atoms. The fraction of sp³-hybridized carbons (Fsp3) is 0.250. The summed E-state index contributed by atoms with van der Waals surface area (Å²) in [6.45, 7) is 6.42. The van der Waals surface area contributed by atoms with Crippen LogP contribution in [-0.4, -0.2) is 16.1 Å². The van der Waals surface area contributed by atoms with Crippen molar-refractivity contribution >= 4 is 5.91 Å². The maximum absolute atomic E-state index is 13.7. The number of halogens is 1. The zero-order valence-corrected chi connectivity index (χ0v) is 14.9. The number of carbonyl (C=O) groups is 1. The molecule has 6 heteroatoms. The highest BCUT2D eigenvalue weighted by Crippen LogP contribution is 2.22. The third-order valence-corrected chi connectivity index (χ3v) is 3.98. The first-order chi connectivity index (χ1) is 12.3. The lowest BCUT2D eigenvalue weighted by molar-refractivity contribution is 0.0947. The van der Waals surface area contributed by atoms with Gasteiger partial charge < -0.3 is 9.73 Å². The Kier molecular flexibility index (Phi) is 4.84. The molecule has 26 heavy (non-hydrogen) atoms. The van der Waals surface area contributed by atoms with Crippen LogP contribution in [0.15, 0.2) is 52.9 Å². The third-order valence-electron chi connectivity index (χ3n) is 3.98. The molecule has 0 radical (unpaired) electrons. The van der Waals surface area contributed by atoms with E-state index in [9.17, 15) is 9.18 Å². The molecule has 0 unspecified atom stereocenters. The Morgan fingerprint density at radius 3 is 2.42 bits per heavy atom. The van der Waals surface area contributed by atoms with Crippen LogP contribution in [0.25, 0.3) is 11.5 Å². The molecule has 0 atom stereocenters. The van der Waals surface area contributed by atoms with Crippen LogP contribution < -0.4 is 5.32 Å². The van der Waals surface area contributed by atoms with Gasteiger partial charge in [0.2, 0.25) is 5.89 Å². The summed E-state index contributed by atoms with van der Waals surface area (Å²) in [5, 5.41) is 10.4. The predicted molar refractivity (Wildman–Crippen MR) is 96.0 cm³/mol. The molecular weight excluding hydrogens is 333 g/mol. The lowest BCUT2D eigenvalue weighted by atomic mass is 9.87. The van der Waals surface area contributed by atoms with E-state index in [-0.39, 0.29) is 35.2 Å². The second-order valence-electron chi connectivity index (χ2n) is 6.99. The van der Waals surface area contributed by atoms with Crippen molar-refractivity contribution in [2.24, 2.45) is 0 Å². The first-order valence-corrected chi connectivity index (χ1v) is 8.30. The molecule has 0 aliphatic heterocycles. The molecule has 3 aromatic rings. The Morgan fingerprint density at radius 1 is 1.08 bits per heavy atom. The molecule has 1 N–H and O–H groups in total. The monoisotopic (exact) mass is 353 g/mol. The summed E-state index contributed by atoms with van der Waals surface area (Å²) in [5.41, 5.74) is 1.96. The van der Waals surface area contributed by atoms with Crippen molar-refractivity contribution in [1.82, 2.24) is 15.5 Å². The number of nitrogens with zero attached hydrogens (tertiary/aromatic N) is 2. The minimum absolute atomic E-state index is 0.0296. The molecule has 2 aromatic carbocycles. The van der Waals surface area contributed by atoms with Gasteiger partial charge in [-0.15, -0.1) is 10.2 Å². The number of hydrogen-bond acceptors (Lipinski definition) is 4. The van der Waals surface area contributed by atoms with Gasteiger partial charge in [-0.05, 0) is 35.2 Å². The molecule has 0 saturated carbocycles. The number of aromatic nitrogens is 2. The van der Waals surface area contributed by atoms with Gasteiger partial charge in [-0.2, -0.15) is 0 Å². The molecule has 0 fully saturated rings. The largest absolute Gasteiger partial charge is 0.419 e. The van der Waals surface area contributed by atoms with Gasteiger partial charge in [-0.25, -0.2) is 4.39 Å². The summed E-state index contributed by atoms with van der Waals surface area (Å²) in [6.07, 6.45) is 0. The van der Waals surface area contributed by atoms with Gasteiger partial charge in [0.15, 0.2) is 0 Å². The Labute approximate surface area is 151 Å². The van der Waals surface area contributed by atoms with E-state index in [1.807, 2.05) is 12.1 Å². The van der Waals surface area contributed by atoms with Crippen LogP contribution in [-0.2, 0) is 12.0 Å². The lowest BCUT2D eigenvalue weighted by Crippen LogP contribution is -2.23. The summed E-state index contributed by atoms with van der Waals surface area (Å²) in [6, 6.07) is 13.6. The fourth-order valence-corrected chi connectivity index (χ4v) is 2.45. The van der Waals surface area contributed by atoms with Crippen LogP contribution in [0.1, 0.15) is 42.6 Å². The van der Waals surface area contributed by atoms with Crippen molar-refractivity contribution in [3.8, 4) is 11.5 Å². The van der Waals surface area contributed by atoms with Gasteiger partial charge in [-0.1, -0.05) is 45.0 Å². The topological polar surface area (TPSA) is 68.0 Å². The first kappa shape index (κ1) is 17.8. The summed E-state index contributed by atoms with van der Waals surface area (Å²) in [5.74, 6) is -0.383. The molecule has 1 aromatic heterocycles. The molecule has 1 amide bonds. The minimum atomic E-state index is -0.439. The second kappa shape index (κ2) is 7.07. The fourth-order valence-electron chi connectivity index (χ4n) is 2.45. The molecule has 1 heterocycles. The van der Waals surface area contributed by atoms with Gasteiger partial charge in [0, 0.05) is 5.56 Å². The van der Waals surface area contributed by atoms with Crippen LogP contribution in [0.2, 0.25) is 0 Å². The van der Waals surface area contributed by atoms with Gasteiger partial charge in [-0.3, -0.25) is 4.79 Å². The van der Waals surface area contributed by atoms with Gasteiger partial charge in [0.05, 0.1) is 12.1 Å². The highest BCUT2D eigenvalue weighted by Gasteiger charge is 2.15. The van der Waals surface area contributed by atoms with E-state index in [0.717, 1.165) is 5.56 Å². The Morgan fingerprint density at radius 2 is 1.77 bits per heavy atom. The van der Waals surface area contributed by atoms with Gasteiger partial charge in [0.25, 0.3) is 11.8 Å². The van der Waals surface area contributed by atoms with Crippen molar-refractivity contribution < 1.29 is 13.6 Å². The molecule has 0 saturated heterocycles. The van der Waals surface area contributed by atoms with E-state index in [2.05, 4.69) is 36.3 Å². The third kappa shape index (κ3) is 3.96. The summed E-state index contributed by atoms with van der Waals surface area (Å²) >= 11 is 0. The maximum Gasteiger partial charge on any atom is 0.251 e. The highest BCUT2D eigenvalue weighted by molar-refractivity contribution is 5.94. The van der Waals surface area contributed by atoms with E-state index < -0.39 is 5.82 Å². The van der Waals surface area contributed by atoms with Crippen molar-refractivity contribution in [3.63, 3.8) is 0 Å². The van der Waals surface area contributed by atoms with E-state index in [4.69, 9.17) is 4.42 Å². The average molecular weight is 353 g/mol. The standard InChI is InChI=1S/C20H20FN3O2/c1-20(2,3)14-10-8-13(9-11-14)18(25)22-12-17-23-24-19(26-17)15-6-4-5-7-16(15)21/h4-11H,12H2,1-3H3,(H,22,25). The van der Waals surface area contributed by atoms with Crippen LogP contribution in [0.4, 0.5) is 4.39 Å². The number of rotatable bonds is 4. The van der Waals surface area contributed by atoms with Crippen LogP contribution in [0, 0.1) is 5.82 Å². The van der Waals surface area contributed by atoms with Gasteiger partial charge in [0.1, 0.15) is 5.82 Å². The van der Waals surface area contributed by atoms with Gasteiger partial charge >= 0.3 is 0 Å². The number of amides is 1. The highest BCUT2D eigenvalue weighted by atomic mass is 19.1. The molecule has 5 nitrogen and oxygen atoms in total. The van der Waals surface area contributed by atoms with Crippen LogP contribution in [0.3, 0.4) is 0 Å². The zero-order chi connectivity index (χ0) is 18.7. The Bertz CT molecular complexity index is 911. The van der Waals surface area contributed by atoms with Crippen molar-refractivity contribution in [3.05, 3.63) is 71.4 Å². The Balaban J connectivity index is 1.64. The minimum Gasteiger partial charge on any atom is -0.419 e. The summed E-state index contributed by atoms with van der Waals surface area (Å²) < 4.78 is 19.2. The van der Waals surface area contributed by atoms with Crippen molar-refractivity contribution in [2.45, 2.75) is 32.7 Å². The SMILES string of the molecule is CC(C)(C)c1ccc(C(=O)NCc2nnc(-c3ccccc3F)o2)cc1. The smallest absolute Gasteiger partial charge is 0.251 e. The van der Waals surface area contributed by atoms with Crippen molar-refractivity contribution in [2.75, 3.05) is 0 Å². The second-order valence-corrected chi connectivity index (χ2v) is 6.99. The van der Waals surface area contributed by atoms with Crippen molar-refractivity contribution in [1.29, 1.82) is 0 Å². The molecule has 0 aliphatic carbocycles. The van der Waals surface area contributed by atoms with E-state index in [1.165, 1.54) is 6.07 Å². The van der Waals surface area contributed by atoms with Crippen LogP contribution >= 0.6 is 0 Å². The molecule has 3 rings (SSSR count). The quantitative estimate of drug-likeness (QED) is 0.767. The Hall–Kier alpha value is -3.02. The molecule has 0 spiro atoms. The average Bonchev–Trinajstić information content (AvgIpc) is 3.08. The number of nitrogens with one attached hydrogen (secondary N) is 1. The lowest BCUT2D eigenvalue weighted by Gasteiger charge is -2.18. The zero-order valence-electron chi connectivity index (χ0n) is 14.9. The molecule has 0 aliphatic rings. The number of hydrogen-bond donors (Lipinski definition) is 1. The van der Waals surface area contributed by atoms with E-state index in [1.54, 1.807) is 30.3 Å². The summed E-state index contributed by atoms with van der Waals surface area (Å²) in [4.78, 5) is 12.2. The first-order valence-electron chi connectivity index (χ1n) is 8.30. The summed E-state index contributed by atoms with van der Waals surface area (Å²) in [7, 11) is 0. The maximum atomic E-state index is 13.7. The molecule has 134 valence electrons. The van der Waals surface area contributed by atoms with E-state index in [0.29, 0.717) is 5.56 Å². The molecular formula is C20H20FN3O2. The number of benzene rings is 2. The normalized spacial score (nSPS) is 11.4. The predicted octanol–water partition coefficient (Wildman–Crippen LogP) is 4.10. The van der Waals surface area contributed by atoms with E-state index >= 15 is 0 Å².